The summed E-state index contributed by atoms with van der Waals surface area (Å²) in [5, 5.41) is 0. The van der Waals surface area contributed by atoms with E-state index in [1.165, 1.54) is 10.8 Å². The second kappa shape index (κ2) is 13.5. The average Bonchev–Trinajstić information content (AvgIpc) is 3.35. The highest BCUT2D eigenvalue weighted by Crippen LogP contribution is 2.43. The summed E-state index contributed by atoms with van der Waals surface area (Å²) >= 11 is 0. The minimum Gasteiger partial charge on any atom is -0.497 e. The Morgan fingerprint density at radius 2 is 1.47 bits per heavy atom. The van der Waals surface area contributed by atoms with E-state index in [-0.39, 0.29) is 12.5 Å². The van der Waals surface area contributed by atoms with Crippen molar-refractivity contribution in [3.63, 3.8) is 0 Å². The highest BCUT2D eigenvalue weighted by molar-refractivity contribution is 5.48. The molecule has 1 saturated heterocycles. The van der Waals surface area contributed by atoms with Crippen LogP contribution in [0, 0.1) is 12.8 Å². The monoisotopic (exact) mass is 586 g/mol. The molecule has 1 N–H and O–H groups in total. The maximum absolute atomic E-state index is 12.9. The highest BCUT2D eigenvalue weighted by atomic mass is 16.6. The van der Waals surface area contributed by atoms with Gasteiger partial charge in [0, 0.05) is 24.8 Å². The molecule has 0 bridgehead atoms. The lowest BCUT2D eigenvalue weighted by atomic mass is 9.80. The lowest BCUT2D eigenvalue weighted by molar-refractivity contribution is -0.0984. The molecular formula is C34H38N2O7. The maximum atomic E-state index is 12.9. The molecule has 1 fully saturated rings. The van der Waals surface area contributed by atoms with Crippen molar-refractivity contribution in [3.8, 4) is 5.75 Å². The van der Waals surface area contributed by atoms with Gasteiger partial charge < -0.3 is 23.7 Å². The molecule has 9 heteroatoms. The molecule has 0 saturated carbocycles. The van der Waals surface area contributed by atoms with Gasteiger partial charge in [-0.1, -0.05) is 79.7 Å². The SMILES string of the molecule is COCCO[C@@H]1[C@H](C)[C@@H](COC(c2ccccc2)(c2ccccc2)c2ccc(OC)cc2)O[C@H]1n1cc(C)c(=O)[nH]c1=O. The van der Waals surface area contributed by atoms with Crippen LogP contribution in [0.25, 0.3) is 0 Å². The zero-order valence-electron chi connectivity index (χ0n) is 24.9. The van der Waals surface area contributed by atoms with Crippen molar-refractivity contribution in [2.75, 3.05) is 34.0 Å². The van der Waals surface area contributed by atoms with Crippen LogP contribution in [0.1, 0.15) is 35.4 Å². The normalized spacial score (nSPS) is 20.3. The van der Waals surface area contributed by atoms with Crippen molar-refractivity contribution in [3.05, 3.63) is 134 Å². The molecular weight excluding hydrogens is 548 g/mol. The van der Waals surface area contributed by atoms with Gasteiger partial charge in [-0.05, 0) is 35.7 Å². The zero-order chi connectivity index (χ0) is 30.4. The predicted molar refractivity (Wildman–Crippen MR) is 162 cm³/mol. The summed E-state index contributed by atoms with van der Waals surface area (Å²) in [5.41, 5.74) is 1.26. The van der Waals surface area contributed by atoms with Crippen LogP contribution in [0.4, 0.5) is 0 Å². The van der Waals surface area contributed by atoms with Crippen LogP contribution in [-0.2, 0) is 24.5 Å². The van der Waals surface area contributed by atoms with Crippen molar-refractivity contribution >= 4 is 0 Å². The number of ether oxygens (including phenoxy) is 5. The number of H-pyrrole nitrogens is 1. The minimum atomic E-state index is -0.978. The van der Waals surface area contributed by atoms with Crippen molar-refractivity contribution in [2.24, 2.45) is 5.92 Å². The maximum Gasteiger partial charge on any atom is 0.330 e. The third-order valence-corrected chi connectivity index (χ3v) is 8.04. The first-order chi connectivity index (χ1) is 20.9. The number of aromatic amines is 1. The second-order valence-corrected chi connectivity index (χ2v) is 10.7. The smallest absolute Gasteiger partial charge is 0.330 e. The minimum absolute atomic E-state index is 0.166. The van der Waals surface area contributed by atoms with E-state index in [0.29, 0.717) is 18.8 Å². The molecule has 1 aromatic heterocycles. The lowest BCUT2D eigenvalue weighted by Gasteiger charge is -2.37. The first kappa shape index (κ1) is 30.4. The van der Waals surface area contributed by atoms with E-state index >= 15 is 0 Å². The van der Waals surface area contributed by atoms with E-state index in [0.717, 1.165) is 22.4 Å². The van der Waals surface area contributed by atoms with Crippen LogP contribution in [0.3, 0.4) is 0 Å². The topological polar surface area (TPSA) is 101 Å². The molecule has 4 aromatic rings. The molecule has 4 atom stereocenters. The fraction of sp³-hybridized carbons (Fsp3) is 0.353. The summed E-state index contributed by atoms with van der Waals surface area (Å²) in [7, 11) is 3.25. The number of aromatic nitrogens is 2. The van der Waals surface area contributed by atoms with E-state index in [9.17, 15) is 9.59 Å². The molecule has 226 valence electrons. The summed E-state index contributed by atoms with van der Waals surface area (Å²) in [6.07, 6.45) is -0.186. The number of methoxy groups -OCH3 is 2. The largest absolute Gasteiger partial charge is 0.497 e. The lowest BCUT2D eigenvalue weighted by Crippen LogP contribution is -2.38. The first-order valence-electron chi connectivity index (χ1n) is 14.4. The van der Waals surface area contributed by atoms with Crippen LogP contribution in [0.5, 0.6) is 5.75 Å². The van der Waals surface area contributed by atoms with E-state index < -0.39 is 35.3 Å². The summed E-state index contributed by atoms with van der Waals surface area (Å²) in [4.78, 5) is 27.4. The standard InChI is InChI=1S/C34H38N2O7/c1-23-21-36(33(38)35-31(23)37)32-30(41-20-19-39-3)24(2)29(43-32)22-42-34(25-11-7-5-8-12-25,26-13-9-6-10-14-26)27-15-17-28(40-4)18-16-27/h5-18,21,24,29-30,32H,19-20,22H2,1-4H3,(H,35,37,38)/t24-,29-,30-,32-/m1/s1. The molecule has 0 amide bonds. The third kappa shape index (κ3) is 6.21. The number of benzene rings is 3. The Hall–Kier alpha value is -4.02. The number of nitrogens with one attached hydrogen (secondary N) is 1. The van der Waals surface area contributed by atoms with E-state index in [2.05, 4.69) is 29.2 Å². The molecule has 1 aliphatic rings. The predicted octanol–water partition coefficient (Wildman–Crippen LogP) is 4.43. The average molecular weight is 587 g/mol. The Kier molecular flexibility index (Phi) is 9.57. The molecule has 43 heavy (non-hydrogen) atoms. The molecule has 2 heterocycles. The molecule has 0 aliphatic carbocycles. The van der Waals surface area contributed by atoms with Gasteiger partial charge in [-0.2, -0.15) is 0 Å². The summed E-state index contributed by atoms with van der Waals surface area (Å²) < 4.78 is 31.9. The Labute approximate surface area is 251 Å². The number of aryl methyl sites for hydroxylation is 1. The molecule has 0 radical (unpaired) electrons. The highest BCUT2D eigenvalue weighted by Gasteiger charge is 2.46. The van der Waals surface area contributed by atoms with Crippen LogP contribution in [-0.4, -0.2) is 55.8 Å². The Morgan fingerprint density at radius 3 is 2.05 bits per heavy atom. The van der Waals surface area contributed by atoms with Crippen LogP contribution in [0.15, 0.2) is 101 Å². The first-order valence-corrected chi connectivity index (χ1v) is 14.4. The molecule has 1 aliphatic heterocycles. The van der Waals surface area contributed by atoms with Gasteiger partial charge in [0.2, 0.25) is 0 Å². The zero-order valence-corrected chi connectivity index (χ0v) is 24.9. The van der Waals surface area contributed by atoms with Gasteiger partial charge in [-0.3, -0.25) is 14.3 Å². The number of nitrogens with zero attached hydrogens (tertiary/aromatic N) is 1. The third-order valence-electron chi connectivity index (χ3n) is 8.04. The Balaban J connectivity index is 1.54. The number of hydrogen-bond donors (Lipinski definition) is 1. The van der Waals surface area contributed by atoms with Crippen LogP contribution in [0.2, 0.25) is 0 Å². The van der Waals surface area contributed by atoms with Crippen molar-refractivity contribution in [1.29, 1.82) is 0 Å². The Morgan fingerprint density at radius 1 is 0.860 bits per heavy atom. The van der Waals surface area contributed by atoms with Gasteiger partial charge in [0.25, 0.3) is 5.56 Å². The second-order valence-electron chi connectivity index (χ2n) is 10.7. The molecule has 9 nitrogen and oxygen atoms in total. The van der Waals surface area contributed by atoms with Gasteiger partial charge >= 0.3 is 5.69 Å². The fourth-order valence-electron chi connectivity index (χ4n) is 5.67. The van der Waals surface area contributed by atoms with Crippen molar-refractivity contribution in [2.45, 2.75) is 37.9 Å². The van der Waals surface area contributed by atoms with Gasteiger partial charge in [-0.15, -0.1) is 0 Å². The molecule has 0 spiro atoms. The molecule has 3 aromatic carbocycles. The number of hydrogen-bond acceptors (Lipinski definition) is 7. The summed E-state index contributed by atoms with van der Waals surface area (Å²) in [5.74, 6) is 0.577. The summed E-state index contributed by atoms with van der Waals surface area (Å²) in [6.45, 7) is 4.57. The van der Waals surface area contributed by atoms with Gasteiger partial charge in [-0.25, -0.2) is 4.79 Å². The summed E-state index contributed by atoms with van der Waals surface area (Å²) in [6, 6.07) is 28.0. The van der Waals surface area contributed by atoms with Gasteiger partial charge in [0.15, 0.2) is 6.23 Å². The molecule has 0 unspecified atom stereocenters. The Bertz CT molecular complexity index is 1550. The van der Waals surface area contributed by atoms with E-state index in [1.54, 1.807) is 21.1 Å². The quantitative estimate of drug-likeness (QED) is 0.194. The van der Waals surface area contributed by atoms with Crippen LogP contribution < -0.4 is 16.0 Å². The van der Waals surface area contributed by atoms with Crippen LogP contribution >= 0.6 is 0 Å². The molecule has 5 rings (SSSR count). The van der Waals surface area contributed by atoms with Crippen molar-refractivity contribution < 1.29 is 23.7 Å². The van der Waals surface area contributed by atoms with E-state index in [1.807, 2.05) is 67.6 Å². The number of rotatable bonds is 12. The van der Waals surface area contributed by atoms with Gasteiger partial charge in [0.05, 0.1) is 33.0 Å². The van der Waals surface area contributed by atoms with Crippen molar-refractivity contribution in [1.82, 2.24) is 9.55 Å². The van der Waals surface area contributed by atoms with E-state index in [4.69, 9.17) is 23.7 Å². The fourth-order valence-corrected chi connectivity index (χ4v) is 5.67. The van der Waals surface area contributed by atoms with Gasteiger partial charge in [0.1, 0.15) is 17.5 Å².